The van der Waals surface area contributed by atoms with Gasteiger partial charge in [0.2, 0.25) is 0 Å². The highest BCUT2D eigenvalue weighted by molar-refractivity contribution is 7.76. The highest BCUT2D eigenvalue weighted by Gasteiger charge is 2.42. The summed E-state index contributed by atoms with van der Waals surface area (Å²) in [4.78, 5) is 0. The molecule has 0 aromatic heterocycles. The number of hydrogen-bond donors (Lipinski definition) is 1. The molecule has 2 saturated heterocycles. The summed E-state index contributed by atoms with van der Waals surface area (Å²) in [5.41, 5.74) is 0. The summed E-state index contributed by atoms with van der Waals surface area (Å²) in [7, 11) is 0. The largest absolute Gasteiger partial charge is 0.760 e. The molecule has 0 aromatic carbocycles. The SMILES string of the molecule is O=S([O-])N1CCC(COCC[C@@H]2C[C@@H]2C2CCNCC2)CC1. The van der Waals surface area contributed by atoms with Crippen LogP contribution < -0.4 is 5.32 Å². The zero-order chi connectivity index (χ0) is 15.4. The summed E-state index contributed by atoms with van der Waals surface area (Å²) >= 11 is -2.04. The molecule has 5 nitrogen and oxygen atoms in total. The van der Waals surface area contributed by atoms with Gasteiger partial charge in [-0.1, -0.05) is 0 Å². The van der Waals surface area contributed by atoms with Gasteiger partial charge < -0.3 is 14.6 Å². The summed E-state index contributed by atoms with van der Waals surface area (Å²) in [6, 6.07) is 0. The van der Waals surface area contributed by atoms with Crippen LogP contribution in [0, 0.1) is 23.7 Å². The topological polar surface area (TPSA) is 64.6 Å². The van der Waals surface area contributed by atoms with Crippen LogP contribution in [0.4, 0.5) is 0 Å². The lowest BCUT2D eigenvalue weighted by molar-refractivity contribution is 0.0742. The Labute approximate surface area is 136 Å². The highest BCUT2D eigenvalue weighted by Crippen LogP contribution is 2.49. The van der Waals surface area contributed by atoms with Gasteiger partial charge in [-0.2, -0.15) is 0 Å². The molecule has 2 aliphatic heterocycles. The molecule has 0 amide bonds. The van der Waals surface area contributed by atoms with Crippen LogP contribution in [-0.2, 0) is 16.0 Å². The first kappa shape index (κ1) is 16.8. The molecule has 0 bridgehead atoms. The van der Waals surface area contributed by atoms with Crippen molar-refractivity contribution in [3.8, 4) is 0 Å². The normalized spacial score (nSPS) is 33.0. The zero-order valence-corrected chi connectivity index (χ0v) is 14.2. The second-order valence-corrected chi connectivity index (χ2v) is 8.15. The standard InChI is InChI=1S/C16H30N2O3S/c19-22(20)18-8-3-13(4-9-18)12-21-10-5-15-11-16(15)14-1-6-17-7-2-14/h13-17H,1-12H2,(H,19,20)/p-1/t15-,16-/m1/s1. The van der Waals surface area contributed by atoms with Gasteiger partial charge in [0.1, 0.15) is 0 Å². The number of rotatable bonds is 7. The average Bonchev–Trinajstić information content (AvgIpc) is 3.32. The highest BCUT2D eigenvalue weighted by atomic mass is 32.2. The van der Waals surface area contributed by atoms with E-state index in [9.17, 15) is 8.76 Å². The van der Waals surface area contributed by atoms with Gasteiger partial charge in [-0.3, -0.25) is 4.21 Å². The fourth-order valence-electron chi connectivity index (χ4n) is 4.16. The second kappa shape index (κ2) is 8.20. The fourth-order valence-corrected chi connectivity index (χ4v) is 4.67. The molecule has 3 rings (SSSR count). The summed E-state index contributed by atoms with van der Waals surface area (Å²) < 4.78 is 29.1. The van der Waals surface area contributed by atoms with Crippen molar-refractivity contribution in [2.75, 3.05) is 39.4 Å². The quantitative estimate of drug-likeness (QED) is 0.568. The van der Waals surface area contributed by atoms with Crippen molar-refractivity contribution in [2.45, 2.75) is 38.5 Å². The van der Waals surface area contributed by atoms with Gasteiger partial charge in [0.25, 0.3) is 0 Å². The Bertz CT molecular complexity index is 368. The smallest absolute Gasteiger partial charge is 0.0495 e. The first-order chi connectivity index (χ1) is 10.7. The number of piperidine rings is 2. The van der Waals surface area contributed by atoms with E-state index in [-0.39, 0.29) is 0 Å². The molecule has 3 aliphatic rings. The molecular formula is C16H29N2O3S-. The fraction of sp³-hybridized carbons (Fsp3) is 1.00. The monoisotopic (exact) mass is 329 g/mol. The van der Waals surface area contributed by atoms with E-state index in [1.54, 1.807) is 0 Å². The maximum Gasteiger partial charge on any atom is 0.0495 e. The van der Waals surface area contributed by atoms with Crippen LogP contribution in [0.3, 0.4) is 0 Å². The van der Waals surface area contributed by atoms with Crippen LogP contribution in [0.1, 0.15) is 38.5 Å². The van der Waals surface area contributed by atoms with E-state index in [0.29, 0.717) is 19.0 Å². The molecule has 2 heterocycles. The number of ether oxygens (including phenoxy) is 1. The summed E-state index contributed by atoms with van der Waals surface area (Å²) in [6.45, 7) is 5.42. The number of nitrogens with zero attached hydrogens (tertiary/aromatic N) is 1. The van der Waals surface area contributed by atoms with Crippen molar-refractivity contribution in [3.63, 3.8) is 0 Å². The minimum Gasteiger partial charge on any atom is -0.760 e. The van der Waals surface area contributed by atoms with E-state index in [1.807, 2.05) is 0 Å². The van der Waals surface area contributed by atoms with E-state index in [2.05, 4.69) is 5.32 Å². The second-order valence-electron chi connectivity index (χ2n) is 7.20. The van der Waals surface area contributed by atoms with Crippen molar-refractivity contribution in [2.24, 2.45) is 23.7 Å². The van der Waals surface area contributed by atoms with E-state index in [4.69, 9.17) is 4.74 Å². The molecule has 1 aliphatic carbocycles. The molecule has 22 heavy (non-hydrogen) atoms. The Kier molecular flexibility index (Phi) is 6.27. The number of nitrogens with one attached hydrogen (secondary N) is 1. The Morgan fingerprint density at radius 3 is 2.59 bits per heavy atom. The summed E-state index contributed by atoms with van der Waals surface area (Å²) in [6.07, 6.45) is 7.24. The van der Waals surface area contributed by atoms with Gasteiger partial charge >= 0.3 is 0 Å². The maximum absolute atomic E-state index is 10.9. The van der Waals surface area contributed by atoms with Gasteiger partial charge in [0.15, 0.2) is 0 Å². The molecule has 0 radical (unpaired) electrons. The van der Waals surface area contributed by atoms with Crippen LogP contribution in [0.5, 0.6) is 0 Å². The first-order valence-corrected chi connectivity index (χ1v) is 9.90. The lowest BCUT2D eigenvalue weighted by Crippen LogP contribution is -2.36. The Morgan fingerprint density at radius 2 is 1.91 bits per heavy atom. The molecule has 0 aromatic rings. The van der Waals surface area contributed by atoms with E-state index < -0.39 is 11.3 Å². The van der Waals surface area contributed by atoms with Crippen molar-refractivity contribution < 1.29 is 13.5 Å². The predicted molar refractivity (Wildman–Crippen MR) is 85.8 cm³/mol. The van der Waals surface area contributed by atoms with Crippen LogP contribution in [0.25, 0.3) is 0 Å². The van der Waals surface area contributed by atoms with Gasteiger partial charge in [-0.05, 0) is 75.3 Å². The van der Waals surface area contributed by atoms with Crippen molar-refractivity contribution in [1.29, 1.82) is 0 Å². The molecule has 0 spiro atoms. The third-order valence-corrected chi connectivity index (χ3v) is 6.52. The van der Waals surface area contributed by atoms with Gasteiger partial charge in [-0.15, -0.1) is 0 Å². The molecule has 128 valence electrons. The van der Waals surface area contributed by atoms with Gasteiger partial charge in [0.05, 0.1) is 0 Å². The van der Waals surface area contributed by atoms with E-state index in [1.165, 1.54) is 43.1 Å². The van der Waals surface area contributed by atoms with Crippen LogP contribution in [0.15, 0.2) is 0 Å². The summed E-state index contributed by atoms with van der Waals surface area (Å²) in [5, 5.41) is 3.44. The molecule has 6 heteroatoms. The molecule has 3 fully saturated rings. The zero-order valence-electron chi connectivity index (χ0n) is 13.4. The Morgan fingerprint density at radius 1 is 1.18 bits per heavy atom. The van der Waals surface area contributed by atoms with Crippen molar-refractivity contribution >= 4 is 11.3 Å². The molecule has 1 saturated carbocycles. The minimum atomic E-state index is -2.04. The Hall–Kier alpha value is -0.0100. The first-order valence-electron chi connectivity index (χ1n) is 8.87. The lowest BCUT2D eigenvalue weighted by atomic mass is 9.91. The van der Waals surface area contributed by atoms with Gasteiger partial charge in [-0.25, -0.2) is 4.31 Å². The molecule has 3 atom stereocenters. The van der Waals surface area contributed by atoms with Crippen LogP contribution in [0.2, 0.25) is 0 Å². The molecular weight excluding hydrogens is 300 g/mol. The van der Waals surface area contributed by atoms with Crippen molar-refractivity contribution in [3.05, 3.63) is 0 Å². The molecule has 1 unspecified atom stereocenters. The third-order valence-electron chi connectivity index (χ3n) is 5.74. The van der Waals surface area contributed by atoms with Crippen LogP contribution in [-0.4, -0.2) is 52.5 Å². The Balaban J connectivity index is 1.22. The maximum atomic E-state index is 10.9. The number of hydrogen-bond acceptors (Lipinski definition) is 4. The lowest BCUT2D eigenvalue weighted by Gasteiger charge is -2.32. The average molecular weight is 329 g/mol. The van der Waals surface area contributed by atoms with Gasteiger partial charge in [0, 0.05) is 37.6 Å². The minimum absolute atomic E-state index is 0.541. The predicted octanol–water partition coefficient (Wildman–Crippen LogP) is 1.53. The third kappa shape index (κ3) is 4.74. The molecule has 1 N–H and O–H groups in total. The van der Waals surface area contributed by atoms with Crippen molar-refractivity contribution in [1.82, 2.24) is 9.62 Å². The van der Waals surface area contributed by atoms with E-state index in [0.717, 1.165) is 43.8 Å². The van der Waals surface area contributed by atoms with E-state index >= 15 is 0 Å². The van der Waals surface area contributed by atoms with Crippen LogP contribution >= 0.6 is 0 Å². The summed E-state index contributed by atoms with van der Waals surface area (Å²) in [5.74, 6) is 3.39.